The Hall–Kier alpha value is -2.73. The van der Waals surface area contributed by atoms with Crippen molar-refractivity contribution in [3.63, 3.8) is 0 Å². The van der Waals surface area contributed by atoms with Crippen LogP contribution in [0.4, 0.5) is 4.39 Å². The number of carbonyl (C=O) groups excluding carboxylic acids is 2. The molecule has 0 radical (unpaired) electrons. The van der Waals surface area contributed by atoms with Gasteiger partial charge in [-0.1, -0.05) is 126 Å². The zero-order valence-electron chi connectivity index (χ0n) is 24.5. The minimum atomic E-state index is -1.11. The molecule has 2 aromatic rings. The van der Waals surface area contributed by atoms with E-state index >= 15 is 0 Å². The van der Waals surface area contributed by atoms with Crippen LogP contribution in [0.25, 0.3) is 11.1 Å². The summed E-state index contributed by atoms with van der Waals surface area (Å²) in [5.41, 5.74) is 1.70. The molecule has 222 valence electrons. The number of aliphatic hydroxyl groups is 1. The van der Waals surface area contributed by atoms with Crippen molar-refractivity contribution in [2.24, 2.45) is 0 Å². The maximum atomic E-state index is 14.7. The molecule has 5 nitrogen and oxygen atoms in total. The van der Waals surface area contributed by atoms with E-state index < -0.39 is 23.8 Å². The van der Waals surface area contributed by atoms with Gasteiger partial charge in [-0.2, -0.15) is 0 Å². The Labute approximate surface area is 240 Å². The molecule has 2 aromatic carbocycles. The fourth-order valence-electron chi connectivity index (χ4n) is 4.69. The summed E-state index contributed by atoms with van der Waals surface area (Å²) in [5, 5.41) is 10.1. The Kier molecular flexibility index (Phi) is 16.9. The van der Waals surface area contributed by atoms with Gasteiger partial charge in [0.15, 0.2) is 0 Å². The SMILES string of the molecule is CCCCCCCCCCCCCCCC(=O)OC[C@H](O)COC(=O)C(C)c1ccc(-c2ccccc2)c(F)c1. The highest BCUT2D eigenvalue weighted by Crippen LogP contribution is 2.26. The molecule has 0 amide bonds. The number of halogens is 1. The topological polar surface area (TPSA) is 72.8 Å². The molecule has 2 rings (SSSR count). The number of carbonyl (C=O) groups is 2. The summed E-state index contributed by atoms with van der Waals surface area (Å²) in [6.07, 6.45) is 15.3. The number of hydrogen-bond acceptors (Lipinski definition) is 5. The molecule has 1 N–H and O–H groups in total. The van der Waals surface area contributed by atoms with Crippen molar-refractivity contribution in [1.29, 1.82) is 0 Å². The Balaban J connectivity index is 1.52. The summed E-state index contributed by atoms with van der Waals surface area (Å²) >= 11 is 0. The minimum Gasteiger partial charge on any atom is -0.463 e. The number of aliphatic hydroxyl groups excluding tert-OH is 1. The molecule has 1 unspecified atom stereocenters. The number of unbranched alkanes of at least 4 members (excludes halogenated alkanes) is 12. The molecule has 0 heterocycles. The molecule has 2 atom stereocenters. The Morgan fingerprint density at radius 1 is 0.775 bits per heavy atom. The van der Waals surface area contributed by atoms with Gasteiger partial charge in [-0.25, -0.2) is 4.39 Å². The van der Waals surface area contributed by atoms with Crippen LogP contribution in [0.2, 0.25) is 0 Å². The predicted octanol–water partition coefficient (Wildman–Crippen LogP) is 8.52. The first-order valence-corrected chi connectivity index (χ1v) is 15.3. The maximum absolute atomic E-state index is 14.7. The van der Waals surface area contributed by atoms with Crippen molar-refractivity contribution >= 4 is 11.9 Å². The molecule has 0 saturated carbocycles. The van der Waals surface area contributed by atoms with Crippen molar-refractivity contribution in [2.75, 3.05) is 13.2 Å². The number of benzene rings is 2. The summed E-state index contributed by atoms with van der Waals surface area (Å²) in [4.78, 5) is 24.4. The average molecular weight is 557 g/mol. The molecule has 0 aliphatic rings. The van der Waals surface area contributed by atoms with Gasteiger partial charge in [-0.15, -0.1) is 0 Å². The molecule has 0 bridgehead atoms. The first-order chi connectivity index (χ1) is 19.4. The largest absolute Gasteiger partial charge is 0.463 e. The first kappa shape index (κ1) is 33.5. The van der Waals surface area contributed by atoms with E-state index in [1.807, 2.05) is 30.3 Å². The molecule has 0 aliphatic heterocycles. The lowest BCUT2D eigenvalue weighted by atomic mass is 9.97. The summed E-state index contributed by atoms with van der Waals surface area (Å²) < 4.78 is 25.0. The van der Waals surface area contributed by atoms with E-state index in [0.29, 0.717) is 17.5 Å². The van der Waals surface area contributed by atoms with Crippen molar-refractivity contribution in [3.8, 4) is 11.1 Å². The van der Waals surface area contributed by atoms with Crippen LogP contribution in [0, 0.1) is 5.82 Å². The van der Waals surface area contributed by atoms with Crippen molar-refractivity contribution in [2.45, 2.75) is 116 Å². The molecular formula is C34H49FO5. The standard InChI is InChI=1S/C34H49FO5/c1-3-4-5-6-7-8-9-10-11-12-13-14-18-21-33(37)39-25-30(36)26-40-34(38)27(2)29-22-23-31(32(35)24-29)28-19-16-15-17-20-28/h15-17,19-20,22-24,27,30,36H,3-14,18,21,25-26H2,1-2H3/t27?,30-/m0/s1. The van der Waals surface area contributed by atoms with Gasteiger partial charge < -0.3 is 14.6 Å². The van der Waals surface area contributed by atoms with Gasteiger partial charge in [-0.05, 0) is 30.5 Å². The van der Waals surface area contributed by atoms with Gasteiger partial charge in [0.25, 0.3) is 0 Å². The fourth-order valence-corrected chi connectivity index (χ4v) is 4.69. The van der Waals surface area contributed by atoms with Crippen LogP contribution in [-0.4, -0.2) is 36.4 Å². The van der Waals surface area contributed by atoms with Crippen LogP contribution in [0.15, 0.2) is 48.5 Å². The second-order valence-electron chi connectivity index (χ2n) is 10.8. The predicted molar refractivity (Wildman–Crippen MR) is 158 cm³/mol. The van der Waals surface area contributed by atoms with Gasteiger partial charge >= 0.3 is 11.9 Å². The third-order valence-electron chi connectivity index (χ3n) is 7.27. The van der Waals surface area contributed by atoms with Crippen LogP contribution in [0.3, 0.4) is 0 Å². The first-order valence-electron chi connectivity index (χ1n) is 15.3. The number of esters is 2. The van der Waals surface area contributed by atoms with Crippen LogP contribution >= 0.6 is 0 Å². The third kappa shape index (κ3) is 13.6. The van der Waals surface area contributed by atoms with E-state index in [4.69, 9.17) is 9.47 Å². The normalized spacial score (nSPS) is 12.6. The molecule has 0 fully saturated rings. The minimum absolute atomic E-state index is 0.223. The number of hydrogen-bond donors (Lipinski definition) is 1. The van der Waals surface area contributed by atoms with E-state index in [9.17, 15) is 19.1 Å². The highest BCUT2D eigenvalue weighted by molar-refractivity contribution is 5.78. The Bertz CT molecular complexity index is 978. The van der Waals surface area contributed by atoms with E-state index in [2.05, 4.69) is 6.92 Å². The highest BCUT2D eigenvalue weighted by atomic mass is 19.1. The second kappa shape index (κ2) is 20.2. The Morgan fingerprint density at radius 2 is 1.32 bits per heavy atom. The zero-order chi connectivity index (χ0) is 29.0. The van der Waals surface area contributed by atoms with Crippen LogP contribution in [0.5, 0.6) is 0 Å². The second-order valence-corrected chi connectivity index (χ2v) is 10.8. The molecule has 0 spiro atoms. The highest BCUT2D eigenvalue weighted by Gasteiger charge is 2.20. The zero-order valence-corrected chi connectivity index (χ0v) is 24.5. The summed E-state index contributed by atoms with van der Waals surface area (Å²) in [5.74, 6) is -2.05. The van der Waals surface area contributed by atoms with Gasteiger partial charge in [0.05, 0.1) is 5.92 Å². The molecule has 40 heavy (non-hydrogen) atoms. The maximum Gasteiger partial charge on any atom is 0.313 e. The lowest BCUT2D eigenvalue weighted by Gasteiger charge is -2.16. The lowest BCUT2D eigenvalue weighted by Crippen LogP contribution is -2.26. The van der Waals surface area contributed by atoms with Crippen LogP contribution in [-0.2, 0) is 19.1 Å². The lowest BCUT2D eigenvalue weighted by molar-refractivity contribution is -0.153. The van der Waals surface area contributed by atoms with Gasteiger partial charge in [-0.3, -0.25) is 9.59 Å². The van der Waals surface area contributed by atoms with Gasteiger partial charge in [0.2, 0.25) is 0 Å². The molecule has 0 aromatic heterocycles. The van der Waals surface area contributed by atoms with E-state index in [0.717, 1.165) is 24.8 Å². The van der Waals surface area contributed by atoms with E-state index in [-0.39, 0.29) is 19.2 Å². The number of ether oxygens (including phenoxy) is 2. The van der Waals surface area contributed by atoms with E-state index in [1.54, 1.807) is 19.1 Å². The fraction of sp³-hybridized carbons (Fsp3) is 0.588. The van der Waals surface area contributed by atoms with Crippen LogP contribution in [0.1, 0.15) is 115 Å². The number of rotatable bonds is 21. The summed E-state index contributed by atoms with van der Waals surface area (Å²) in [6.45, 7) is 3.36. The molecule has 6 heteroatoms. The Morgan fingerprint density at radius 3 is 1.90 bits per heavy atom. The molecule has 0 aliphatic carbocycles. The van der Waals surface area contributed by atoms with E-state index in [1.165, 1.54) is 70.3 Å². The van der Waals surface area contributed by atoms with Crippen LogP contribution < -0.4 is 0 Å². The monoisotopic (exact) mass is 556 g/mol. The third-order valence-corrected chi connectivity index (χ3v) is 7.27. The average Bonchev–Trinajstić information content (AvgIpc) is 2.97. The molecule has 0 saturated heterocycles. The smallest absolute Gasteiger partial charge is 0.313 e. The summed E-state index contributed by atoms with van der Waals surface area (Å²) in [7, 11) is 0. The van der Waals surface area contributed by atoms with Gasteiger partial charge in [0, 0.05) is 12.0 Å². The van der Waals surface area contributed by atoms with Crippen molar-refractivity contribution < 1.29 is 28.6 Å². The quantitative estimate of drug-likeness (QED) is 0.123. The molecular weight excluding hydrogens is 507 g/mol. The van der Waals surface area contributed by atoms with Gasteiger partial charge in [0.1, 0.15) is 25.1 Å². The summed E-state index contributed by atoms with van der Waals surface area (Å²) in [6, 6.07) is 13.9. The van der Waals surface area contributed by atoms with Crippen molar-refractivity contribution in [3.05, 3.63) is 59.9 Å². The van der Waals surface area contributed by atoms with Crippen molar-refractivity contribution in [1.82, 2.24) is 0 Å².